The van der Waals surface area contributed by atoms with Gasteiger partial charge in [0.05, 0.1) is 29.1 Å². The van der Waals surface area contributed by atoms with Crippen molar-refractivity contribution in [1.29, 1.82) is 5.26 Å². The predicted octanol–water partition coefficient (Wildman–Crippen LogP) is 4.26. The molecule has 0 saturated carbocycles. The summed E-state index contributed by atoms with van der Waals surface area (Å²) in [5, 5.41) is 17.2. The van der Waals surface area contributed by atoms with Crippen molar-refractivity contribution >= 4 is 17.3 Å². The third-order valence-electron chi connectivity index (χ3n) is 6.13. The number of aromatic nitrogens is 5. The lowest BCUT2D eigenvalue weighted by Gasteiger charge is -2.33. The molecular formula is C26H26N8O. The van der Waals surface area contributed by atoms with Crippen LogP contribution < -0.4 is 10.2 Å². The van der Waals surface area contributed by atoms with Crippen LogP contribution in [0.3, 0.4) is 0 Å². The SMILES string of the molecule is COC1CCN(c2cc(C#N)cc(-c3ccnc(Nc4ccc(-n5cnc(C)n5)cc4)n3)c2)CC1. The molecule has 0 aliphatic carbocycles. The maximum atomic E-state index is 9.62. The minimum Gasteiger partial charge on any atom is -0.381 e. The van der Waals surface area contributed by atoms with Gasteiger partial charge in [0.25, 0.3) is 0 Å². The number of benzene rings is 2. The Labute approximate surface area is 204 Å². The third kappa shape index (κ3) is 5.13. The highest BCUT2D eigenvalue weighted by atomic mass is 16.5. The van der Waals surface area contributed by atoms with E-state index in [1.165, 1.54) is 0 Å². The normalized spacial score (nSPS) is 14.0. The van der Waals surface area contributed by atoms with Crippen molar-refractivity contribution < 1.29 is 4.74 Å². The minimum absolute atomic E-state index is 0.301. The molecule has 9 nitrogen and oxygen atoms in total. The number of nitrogens with zero attached hydrogens (tertiary/aromatic N) is 7. The first-order valence-electron chi connectivity index (χ1n) is 11.5. The van der Waals surface area contributed by atoms with Crippen molar-refractivity contribution in [3.8, 4) is 23.0 Å². The molecule has 5 rings (SSSR count). The van der Waals surface area contributed by atoms with Crippen molar-refractivity contribution in [2.45, 2.75) is 25.9 Å². The average molecular weight is 467 g/mol. The molecule has 2 aromatic heterocycles. The summed E-state index contributed by atoms with van der Waals surface area (Å²) in [5.41, 5.74) is 5.05. The molecule has 2 aromatic carbocycles. The molecule has 0 bridgehead atoms. The smallest absolute Gasteiger partial charge is 0.227 e. The molecular weight excluding hydrogens is 440 g/mol. The maximum Gasteiger partial charge on any atom is 0.227 e. The van der Waals surface area contributed by atoms with Crippen molar-refractivity contribution in [3.05, 3.63) is 72.4 Å². The van der Waals surface area contributed by atoms with Gasteiger partial charge in [-0.1, -0.05) is 0 Å². The van der Waals surface area contributed by atoms with Crippen molar-refractivity contribution in [2.24, 2.45) is 0 Å². The van der Waals surface area contributed by atoms with Crippen LogP contribution in [0.5, 0.6) is 0 Å². The zero-order valence-corrected chi connectivity index (χ0v) is 19.7. The number of hydrogen-bond donors (Lipinski definition) is 1. The molecule has 1 N–H and O–H groups in total. The maximum absolute atomic E-state index is 9.62. The van der Waals surface area contributed by atoms with Crippen LogP contribution in [0, 0.1) is 18.3 Å². The molecule has 0 unspecified atom stereocenters. The van der Waals surface area contributed by atoms with Gasteiger partial charge in [0.2, 0.25) is 5.95 Å². The van der Waals surface area contributed by atoms with E-state index in [-0.39, 0.29) is 0 Å². The molecule has 1 saturated heterocycles. The number of aryl methyl sites for hydroxylation is 1. The predicted molar refractivity (Wildman–Crippen MR) is 134 cm³/mol. The Hall–Kier alpha value is -4.29. The topological polar surface area (TPSA) is 105 Å². The number of piperidine rings is 1. The van der Waals surface area contributed by atoms with E-state index in [2.05, 4.69) is 37.4 Å². The van der Waals surface area contributed by atoms with Crippen molar-refractivity contribution in [1.82, 2.24) is 24.7 Å². The monoisotopic (exact) mass is 466 g/mol. The van der Waals surface area contributed by atoms with E-state index in [1.807, 2.05) is 49.4 Å². The first kappa shape index (κ1) is 22.5. The van der Waals surface area contributed by atoms with Crippen molar-refractivity contribution in [3.63, 3.8) is 0 Å². The molecule has 0 spiro atoms. The van der Waals surface area contributed by atoms with Gasteiger partial charge in [0.15, 0.2) is 0 Å². The number of ether oxygens (including phenoxy) is 1. The summed E-state index contributed by atoms with van der Waals surface area (Å²) in [4.78, 5) is 15.6. The molecule has 1 aliphatic rings. The summed E-state index contributed by atoms with van der Waals surface area (Å²) in [6.07, 6.45) is 5.65. The third-order valence-corrected chi connectivity index (χ3v) is 6.13. The van der Waals surface area contributed by atoms with E-state index in [0.717, 1.165) is 60.1 Å². The van der Waals surface area contributed by atoms with E-state index < -0.39 is 0 Å². The van der Waals surface area contributed by atoms with E-state index in [1.54, 1.807) is 24.3 Å². The minimum atomic E-state index is 0.301. The Kier molecular flexibility index (Phi) is 6.37. The van der Waals surface area contributed by atoms with E-state index in [0.29, 0.717) is 17.6 Å². The van der Waals surface area contributed by atoms with Crippen LogP contribution in [0.2, 0.25) is 0 Å². The number of nitriles is 1. The van der Waals surface area contributed by atoms with Gasteiger partial charge in [0.1, 0.15) is 12.2 Å². The summed E-state index contributed by atoms with van der Waals surface area (Å²) >= 11 is 0. The molecule has 1 aliphatic heterocycles. The Morgan fingerprint density at radius 3 is 2.51 bits per heavy atom. The Morgan fingerprint density at radius 2 is 1.83 bits per heavy atom. The van der Waals surface area contributed by atoms with Crippen LogP contribution in [-0.2, 0) is 4.74 Å². The van der Waals surface area contributed by atoms with E-state index in [4.69, 9.17) is 9.72 Å². The first-order chi connectivity index (χ1) is 17.1. The fourth-order valence-corrected chi connectivity index (χ4v) is 4.23. The van der Waals surface area contributed by atoms with Crippen LogP contribution in [-0.4, -0.2) is 51.0 Å². The Balaban J connectivity index is 1.36. The van der Waals surface area contributed by atoms with Gasteiger partial charge in [-0.2, -0.15) is 10.4 Å². The van der Waals surface area contributed by atoms with Crippen molar-refractivity contribution in [2.75, 3.05) is 30.4 Å². The van der Waals surface area contributed by atoms with Gasteiger partial charge in [-0.05, 0) is 68.3 Å². The van der Waals surface area contributed by atoms with Gasteiger partial charge in [-0.25, -0.2) is 19.6 Å². The molecule has 0 amide bonds. The van der Waals surface area contributed by atoms with Gasteiger partial charge in [-0.15, -0.1) is 0 Å². The van der Waals surface area contributed by atoms with Crippen LogP contribution >= 0.6 is 0 Å². The van der Waals surface area contributed by atoms with Gasteiger partial charge in [0, 0.05) is 43.3 Å². The Morgan fingerprint density at radius 1 is 1.03 bits per heavy atom. The quantitative estimate of drug-likeness (QED) is 0.449. The molecule has 9 heteroatoms. The summed E-state index contributed by atoms with van der Waals surface area (Å²) in [6.45, 7) is 3.65. The molecule has 1 fully saturated rings. The second-order valence-electron chi connectivity index (χ2n) is 8.48. The molecule has 4 aromatic rings. The highest BCUT2D eigenvalue weighted by molar-refractivity contribution is 5.70. The van der Waals surface area contributed by atoms with Gasteiger partial charge >= 0.3 is 0 Å². The van der Waals surface area contributed by atoms with Crippen LogP contribution in [0.4, 0.5) is 17.3 Å². The number of rotatable bonds is 6. The molecule has 176 valence electrons. The molecule has 0 atom stereocenters. The van der Waals surface area contributed by atoms with E-state index >= 15 is 0 Å². The fraction of sp³-hybridized carbons (Fsp3) is 0.269. The van der Waals surface area contributed by atoms with Crippen LogP contribution in [0.1, 0.15) is 24.2 Å². The zero-order chi connectivity index (χ0) is 24.2. The lowest BCUT2D eigenvalue weighted by molar-refractivity contribution is 0.0819. The number of anilines is 3. The molecule has 3 heterocycles. The summed E-state index contributed by atoms with van der Waals surface area (Å²) in [7, 11) is 1.77. The van der Waals surface area contributed by atoms with Gasteiger partial charge in [-0.3, -0.25) is 0 Å². The molecule has 35 heavy (non-hydrogen) atoms. The lowest BCUT2D eigenvalue weighted by Crippen LogP contribution is -2.36. The standard InChI is InChI=1S/C26H26N8O/c1-18-29-17-34(32-18)22-5-3-21(4-6-22)30-26-28-10-7-25(31-26)20-13-19(16-27)14-23(15-20)33-11-8-24(35-2)9-12-33/h3-7,10,13-15,17,24H,8-9,11-12H2,1-2H3,(H,28,30,31). The summed E-state index contributed by atoms with van der Waals surface area (Å²) < 4.78 is 7.23. The van der Waals surface area contributed by atoms with E-state index in [9.17, 15) is 5.26 Å². The highest BCUT2D eigenvalue weighted by Gasteiger charge is 2.20. The lowest BCUT2D eigenvalue weighted by atomic mass is 10.0. The Bertz CT molecular complexity index is 1350. The molecule has 0 radical (unpaired) electrons. The fourth-order valence-electron chi connectivity index (χ4n) is 4.23. The number of hydrogen-bond acceptors (Lipinski definition) is 8. The second kappa shape index (κ2) is 9.91. The number of methoxy groups -OCH3 is 1. The second-order valence-corrected chi connectivity index (χ2v) is 8.48. The van der Waals surface area contributed by atoms with Crippen LogP contribution in [0.15, 0.2) is 61.1 Å². The highest BCUT2D eigenvalue weighted by Crippen LogP contribution is 2.29. The first-order valence-corrected chi connectivity index (χ1v) is 11.5. The summed E-state index contributed by atoms with van der Waals surface area (Å²) in [6, 6.07) is 17.8. The largest absolute Gasteiger partial charge is 0.381 e. The van der Waals surface area contributed by atoms with Gasteiger partial charge < -0.3 is 15.0 Å². The van der Waals surface area contributed by atoms with Crippen LogP contribution in [0.25, 0.3) is 16.9 Å². The summed E-state index contributed by atoms with van der Waals surface area (Å²) in [5.74, 6) is 1.21. The number of nitrogens with one attached hydrogen (secondary N) is 1. The zero-order valence-electron chi connectivity index (χ0n) is 19.7. The average Bonchev–Trinajstić information content (AvgIpc) is 3.35.